The third kappa shape index (κ3) is 5.48. The summed E-state index contributed by atoms with van der Waals surface area (Å²) in [4.78, 5) is 38.5. The van der Waals surface area contributed by atoms with Gasteiger partial charge in [-0.15, -0.1) is 0 Å². The molecule has 1 aliphatic heterocycles. The predicted molar refractivity (Wildman–Crippen MR) is 158 cm³/mol. The van der Waals surface area contributed by atoms with Crippen molar-refractivity contribution in [1.82, 2.24) is 35.1 Å². The molecule has 1 aliphatic carbocycles. The Morgan fingerprint density at radius 1 is 1.10 bits per heavy atom. The lowest BCUT2D eigenvalue weighted by atomic mass is 9.69. The number of fused-ring (bicyclic) bond motifs is 1. The first-order chi connectivity index (χ1) is 18.5. The number of rotatable bonds is 7. The van der Waals surface area contributed by atoms with Gasteiger partial charge in [-0.3, -0.25) is 14.6 Å². The molecule has 15 heteroatoms. The van der Waals surface area contributed by atoms with Gasteiger partial charge in [-0.2, -0.15) is 0 Å². The number of aromatic amines is 1. The fourth-order valence-corrected chi connectivity index (χ4v) is 6.91. The van der Waals surface area contributed by atoms with E-state index in [0.717, 1.165) is 24.9 Å². The monoisotopic (exact) mass is 726 g/mol. The molecule has 208 valence electrons. The van der Waals surface area contributed by atoms with Crippen LogP contribution in [0.15, 0.2) is 36.9 Å². The van der Waals surface area contributed by atoms with Gasteiger partial charge in [0.2, 0.25) is 0 Å². The second-order valence-corrected chi connectivity index (χ2v) is 12.4. The molecular formula is C24H29Br3N10O2. The molecule has 0 spiro atoms. The van der Waals surface area contributed by atoms with E-state index >= 15 is 0 Å². The summed E-state index contributed by atoms with van der Waals surface area (Å²) in [5.74, 6) is 0.0198. The molecule has 8 N–H and O–H groups in total. The van der Waals surface area contributed by atoms with Gasteiger partial charge in [0.15, 0.2) is 11.9 Å². The van der Waals surface area contributed by atoms with Crippen molar-refractivity contribution in [3.8, 4) is 0 Å². The first kappa shape index (κ1) is 27.8. The van der Waals surface area contributed by atoms with Crippen LogP contribution in [0.1, 0.15) is 38.3 Å². The number of nitrogens with one attached hydrogen (secondary N) is 4. The number of nitrogen functional groups attached to an aromatic ring is 1. The molecule has 3 aromatic heterocycles. The Bertz CT molecular complexity index is 1460. The van der Waals surface area contributed by atoms with E-state index in [1.165, 1.54) is 0 Å². The summed E-state index contributed by atoms with van der Waals surface area (Å²) in [6, 6.07) is 3.42. The molecule has 3 aromatic rings. The maximum Gasteiger partial charge on any atom is 0.267 e. The summed E-state index contributed by atoms with van der Waals surface area (Å²) >= 11 is 10.4. The predicted octanol–water partition coefficient (Wildman–Crippen LogP) is 1.98. The lowest BCUT2D eigenvalue weighted by molar-refractivity contribution is 0.0894. The summed E-state index contributed by atoms with van der Waals surface area (Å²) in [6.07, 6.45) is 2.44. The van der Waals surface area contributed by atoms with Crippen molar-refractivity contribution in [2.45, 2.75) is 18.4 Å². The van der Waals surface area contributed by atoms with Gasteiger partial charge in [0.05, 0.1) is 27.4 Å². The van der Waals surface area contributed by atoms with E-state index in [9.17, 15) is 9.59 Å². The number of amides is 2. The number of aliphatic imine (C=N–C) groups is 1. The van der Waals surface area contributed by atoms with Crippen molar-refractivity contribution in [1.29, 1.82) is 0 Å². The van der Waals surface area contributed by atoms with Crippen molar-refractivity contribution in [2.24, 2.45) is 36.7 Å². The van der Waals surface area contributed by atoms with E-state index in [1.807, 2.05) is 20.3 Å². The molecule has 0 saturated heterocycles. The Labute approximate surface area is 250 Å². The van der Waals surface area contributed by atoms with Gasteiger partial charge in [0.25, 0.3) is 11.8 Å². The van der Waals surface area contributed by atoms with Crippen LogP contribution < -0.4 is 27.4 Å². The highest BCUT2D eigenvalue weighted by atomic mass is 79.9. The Balaban J connectivity index is 1.42. The smallest absolute Gasteiger partial charge is 0.267 e. The van der Waals surface area contributed by atoms with Crippen LogP contribution in [0.3, 0.4) is 0 Å². The molecule has 39 heavy (non-hydrogen) atoms. The topological polar surface area (TPSA) is 173 Å². The highest BCUT2D eigenvalue weighted by Crippen LogP contribution is 2.41. The molecule has 0 saturated carbocycles. The van der Waals surface area contributed by atoms with Crippen LogP contribution in [0.2, 0.25) is 0 Å². The molecule has 2 aliphatic rings. The van der Waals surface area contributed by atoms with Crippen molar-refractivity contribution >= 4 is 71.5 Å². The molecule has 0 bridgehead atoms. The van der Waals surface area contributed by atoms with Gasteiger partial charge in [-0.1, -0.05) is 0 Å². The van der Waals surface area contributed by atoms with Crippen LogP contribution in [-0.4, -0.2) is 62.6 Å². The number of nitrogens with two attached hydrogens (primary N) is 2. The number of anilines is 1. The lowest BCUT2D eigenvalue weighted by Crippen LogP contribution is -2.50. The standard InChI is InChI=1S/C24H29Br3N10O2/c1-36-9-11(25)4-16(36)21(38)31-7-12-10(6-30-22(39)17-5-13(26)20(27)37(17)2)3-14-19(35-24(29)33-14)18(12)15-8-32-23(28)34-15/h4-5,9-10,12,15,18H,3,6-8H2,1-2H3,(H,30,39)(H,31,38)(H3,28,32,34)(H3,29,33,35). The van der Waals surface area contributed by atoms with Crippen LogP contribution in [0, 0.1) is 11.8 Å². The molecule has 0 fully saturated rings. The van der Waals surface area contributed by atoms with Crippen molar-refractivity contribution in [3.63, 3.8) is 0 Å². The van der Waals surface area contributed by atoms with Gasteiger partial charge < -0.3 is 41.5 Å². The molecule has 0 aromatic carbocycles. The van der Waals surface area contributed by atoms with Crippen LogP contribution >= 0.6 is 47.8 Å². The molecule has 4 atom stereocenters. The molecule has 12 nitrogen and oxygen atoms in total. The summed E-state index contributed by atoms with van der Waals surface area (Å²) < 4.78 is 5.94. The zero-order valence-electron chi connectivity index (χ0n) is 21.3. The number of H-pyrrole nitrogens is 1. The number of nitrogens with zero attached hydrogens (tertiary/aromatic N) is 4. The summed E-state index contributed by atoms with van der Waals surface area (Å²) in [5, 5.41) is 9.50. The van der Waals surface area contributed by atoms with Crippen LogP contribution in [0.5, 0.6) is 0 Å². The summed E-state index contributed by atoms with van der Waals surface area (Å²) in [6.45, 7) is 1.22. The van der Waals surface area contributed by atoms with Crippen molar-refractivity contribution in [3.05, 3.63) is 54.7 Å². The Hall–Kier alpha value is -2.78. The highest BCUT2D eigenvalue weighted by Gasteiger charge is 2.44. The second kappa shape index (κ2) is 11.0. The average Bonchev–Trinajstić information content (AvgIpc) is 3.63. The summed E-state index contributed by atoms with van der Waals surface area (Å²) in [5.41, 5.74) is 14.9. The third-order valence-electron chi connectivity index (χ3n) is 7.48. The van der Waals surface area contributed by atoms with Gasteiger partial charge in [0, 0.05) is 49.5 Å². The number of carbonyl (C=O) groups is 2. The Kier molecular flexibility index (Phi) is 7.84. The summed E-state index contributed by atoms with van der Waals surface area (Å²) in [7, 11) is 3.64. The number of hydrogen-bond acceptors (Lipinski definition) is 7. The number of carbonyl (C=O) groups excluding carboxylic acids is 2. The van der Waals surface area contributed by atoms with E-state index < -0.39 is 0 Å². The molecule has 4 heterocycles. The molecule has 4 unspecified atom stereocenters. The van der Waals surface area contributed by atoms with Gasteiger partial charge >= 0.3 is 0 Å². The van der Waals surface area contributed by atoms with Crippen molar-refractivity contribution < 1.29 is 9.59 Å². The largest absolute Gasteiger partial charge is 0.370 e. The lowest BCUT2D eigenvalue weighted by Gasteiger charge is -2.40. The van der Waals surface area contributed by atoms with Crippen LogP contribution in [0.4, 0.5) is 5.95 Å². The molecule has 0 radical (unpaired) electrons. The van der Waals surface area contributed by atoms with Crippen molar-refractivity contribution in [2.75, 3.05) is 25.4 Å². The maximum atomic E-state index is 13.2. The second-order valence-electron chi connectivity index (χ2n) is 9.92. The number of aryl methyl sites for hydroxylation is 1. The molecular weight excluding hydrogens is 700 g/mol. The van der Waals surface area contributed by atoms with Gasteiger partial charge in [-0.25, -0.2) is 4.98 Å². The highest BCUT2D eigenvalue weighted by molar-refractivity contribution is 9.13. The number of halogens is 3. The van der Waals surface area contributed by atoms with Crippen LogP contribution in [0.25, 0.3) is 0 Å². The quantitative estimate of drug-likeness (QED) is 0.217. The van der Waals surface area contributed by atoms with E-state index in [1.54, 1.807) is 21.3 Å². The maximum absolute atomic E-state index is 13.2. The average molecular weight is 729 g/mol. The van der Waals surface area contributed by atoms with E-state index in [0.29, 0.717) is 49.4 Å². The zero-order chi connectivity index (χ0) is 28.0. The Morgan fingerprint density at radius 2 is 1.82 bits per heavy atom. The van der Waals surface area contributed by atoms with Crippen LogP contribution in [-0.2, 0) is 20.5 Å². The minimum absolute atomic E-state index is 0.0393. The first-order valence-electron chi connectivity index (χ1n) is 12.3. The zero-order valence-corrected chi connectivity index (χ0v) is 26.0. The normalized spacial score (nSPS) is 22.2. The van der Waals surface area contributed by atoms with Gasteiger partial charge in [-0.05, 0) is 78.2 Å². The van der Waals surface area contributed by atoms with E-state index in [2.05, 4.69) is 78.7 Å². The van der Waals surface area contributed by atoms with E-state index in [4.69, 9.17) is 11.5 Å². The number of imidazole rings is 1. The Morgan fingerprint density at radius 3 is 2.44 bits per heavy atom. The number of hydrogen-bond donors (Lipinski definition) is 6. The SMILES string of the molecule is Cn1cc(Br)cc1C(=O)NCC1C(CNC(=O)c2cc(Br)c(Br)n2C)Cc2[nH]c(N)nc2C1C1CN=C(N)N1. The van der Waals surface area contributed by atoms with Gasteiger partial charge in [0.1, 0.15) is 11.4 Å². The third-order valence-corrected chi connectivity index (χ3v) is 10.0. The first-order valence-corrected chi connectivity index (χ1v) is 14.7. The van der Waals surface area contributed by atoms with E-state index in [-0.39, 0.29) is 35.6 Å². The fourth-order valence-electron chi connectivity index (χ4n) is 5.60. The number of guanidine groups is 1. The number of aromatic nitrogens is 4. The fraction of sp³-hybridized carbons (Fsp3) is 0.417. The minimum atomic E-state index is -0.196. The minimum Gasteiger partial charge on any atom is -0.370 e. The molecule has 2 amide bonds. The molecule has 5 rings (SSSR count).